The van der Waals surface area contributed by atoms with Gasteiger partial charge in [-0.1, -0.05) is 30.3 Å². The number of carboxylic acids is 1. The first-order chi connectivity index (χ1) is 13.4. The van der Waals surface area contributed by atoms with Crippen molar-refractivity contribution in [3.8, 4) is 0 Å². The summed E-state index contributed by atoms with van der Waals surface area (Å²) in [5, 5.41) is 9.36. The zero-order valence-electron chi connectivity index (χ0n) is 16.2. The van der Waals surface area contributed by atoms with Gasteiger partial charge in [-0.2, -0.15) is 0 Å². The van der Waals surface area contributed by atoms with Crippen LogP contribution in [0.25, 0.3) is 0 Å². The molecule has 0 atom stereocenters. The van der Waals surface area contributed by atoms with E-state index in [-0.39, 0.29) is 12.6 Å². The van der Waals surface area contributed by atoms with Gasteiger partial charge in [-0.05, 0) is 51.0 Å². The minimum absolute atomic E-state index is 0.0959. The predicted octanol–water partition coefficient (Wildman–Crippen LogP) is 3.37. The second kappa shape index (κ2) is 8.20. The number of amides is 1. The summed E-state index contributed by atoms with van der Waals surface area (Å²) in [6.45, 7) is 1.84. The molecule has 1 amide bonds. The maximum Gasteiger partial charge on any atom is 0.411 e. The number of fused-ring (bicyclic) bond motifs is 3. The van der Waals surface area contributed by atoms with Gasteiger partial charge in [0, 0.05) is 5.54 Å². The summed E-state index contributed by atoms with van der Waals surface area (Å²) < 4.78 is 10.7. The topological polar surface area (TPSA) is 93.1 Å². The van der Waals surface area contributed by atoms with Gasteiger partial charge in [-0.15, -0.1) is 0 Å². The average Bonchev–Trinajstić information content (AvgIpc) is 2.72. The van der Waals surface area contributed by atoms with E-state index in [0.717, 1.165) is 5.56 Å². The first-order valence-electron chi connectivity index (χ1n) is 9.78. The molecule has 4 rings (SSSR count). The molecular formula is C21H27NO6. The molecule has 1 N–H and O–H groups in total. The fourth-order valence-corrected chi connectivity index (χ4v) is 4.52. The SMILES string of the molecule is CCOC(=O)C12CCC(N(CC(=O)O)C(=O)OCc3ccccc3)(CC1)CC2. The summed E-state index contributed by atoms with van der Waals surface area (Å²) in [6, 6.07) is 9.28. The van der Waals surface area contributed by atoms with Crippen LogP contribution in [-0.2, 0) is 25.7 Å². The Balaban J connectivity index is 1.71. The van der Waals surface area contributed by atoms with Crippen LogP contribution in [-0.4, -0.2) is 46.7 Å². The fraction of sp³-hybridized carbons (Fsp3) is 0.571. The number of carboxylic acid groups (broad SMARTS) is 1. The van der Waals surface area contributed by atoms with Crippen LogP contribution in [0.1, 0.15) is 51.0 Å². The van der Waals surface area contributed by atoms with Crippen molar-refractivity contribution < 1.29 is 29.0 Å². The zero-order valence-corrected chi connectivity index (χ0v) is 16.2. The van der Waals surface area contributed by atoms with Crippen LogP contribution in [0.2, 0.25) is 0 Å². The Morgan fingerprint density at radius 2 is 1.61 bits per heavy atom. The maximum absolute atomic E-state index is 12.8. The Bertz CT molecular complexity index is 707. The smallest absolute Gasteiger partial charge is 0.411 e. The Morgan fingerprint density at radius 1 is 1.00 bits per heavy atom. The summed E-state index contributed by atoms with van der Waals surface area (Å²) in [5.74, 6) is -1.24. The van der Waals surface area contributed by atoms with Gasteiger partial charge in [0.2, 0.25) is 0 Å². The lowest BCUT2D eigenvalue weighted by Crippen LogP contribution is -2.61. The second-order valence-corrected chi connectivity index (χ2v) is 7.75. The molecule has 7 nitrogen and oxygen atoms in total. The van der Waals surface area contributed by atoms with Gasteiger partial charge in [0.05, 0.1) is 12.0 Å². The Morgan fingerprint density at radius 3 is 2.14 bits per heavy atom. The van der Waals surface area contributed by atoms with Crippen LogP contribution < -0.4 is 0 Å². The molecule has 2 bridgehead atoms. The molecule has 0 unspecified atom stereocenters. The lowest BCUT2D eigenvalue weighted by Gasteiger charge is -2.55. The van der Waals surface area contributed by atoms with Crippen LogP contribution in [0.5, 0.6) is 0 Å². The normalized spacial score (nSPS) is 25.8. The van der Waals surface area contributed by atoms with Crippen molar-refractivity contribution in [3.63, 3.8) is 0 Å². The number of aliphatic carboxylic acids is 1. The van der Waals surface area contributed by atoms with Crippen LogP contribution >= 0.6 is 0 Å². The van der Waals surface area contributed by atoms with Gasteiger partial charge in [0.15, 0.2) is 0 Å². The third-order valence-electron chi connectivity index (χ3n) is 6.21. The van der Waals surface area contributed by atoms with Gasteiger partial charge in [0.1, 0.15) is 13.2 Å². The molecule has 3 aliphatic carbocycles. The summed E-state index contributed by atoms with van der Waals surface area (Å²) in [5.41, 5.74) is -0.210. The molecule has 0 spiro atoms. The summed E-state index contributed by atoms with van der Waals surface area (Å²) in [4.78, 5) is 38.0. The van der Waals surface area contributed by atoms with Gasteiger partial charge in [0.25, 0.3) is 0 Å². The number of benzene rings is 1. The largest absolute Gasteiger partial charge is 0.480 e. The molecule has 1 aromatic rings. The summed E-state index contributed by atoms with van der Waals surface area (Å²) >= 11 is 0. The third-order valence-corrected chi connectivity index (χ3v) is 6.21. The van der Waals surface area contributed by atoms with Gasteiger partial charge < -0.3 is 14.6 Å². The Labute approximate surface area is 164 Å². The average molecular weight is 389 g/mol. The van der Waals surface area contributed by atoms with E-state index in [1.165, 1.54) is 4.90 Å². The van der Waals surface area contributed by atoms with E-state index in [1.807, 2.05) is 30.3 Å². The van der Waals surface area contributed by atoms with E-state index in [0.29, 0.717) is 45.1 Å². The lowest BCUT2D eigenvalue weighted by molar-refractivity contribution is -0.167. The molecule has 1 aromatic carbocycles. The maximum atomic E-state index is 12.8. The lowest BCUT2D eigenvalue weighted by atomic mass is 9.56. The monoisotopic (exact) mass is 389 g/mol. The number of nitrogens with zero attached hydrogens (tertiary/aromatic N) is 1. The van der Waals surface area contributed by atoms with Gasteiger partial charge in [-0.3, -0.25) is 14.5 Å². The molecule has 3 aliphatic rings. The number of hydrogen-bond acceptors (Lipinski definition) is 5. The van der Waals surface area contributed by atoms with E-state index in [2.05, 4.69) is 0 Å². The number of esters is 1. The van der Waals surface area contributed by atoms with E-state index < -0.39 is 29.6 Å². The highest BCUT2D eigenvalue weighted by molar-refractivity contribution is 5.79. The summed E-state index contributed by atoms with van der Waals surface area (Å²) in [7, 11) is 0. The molecule has 28 heavy (non-hydrogen) atoms. The molecule has 152 valence electrons. The highest BCUT2D eigenvalue weighted by Crippen LogP contribution is 2.55. The van der Waals surface area contributed by atoms with Crippen LogP contribution in [0, 0.1) is 5.41 Å². The Kier molecular flexibility index (Phi) is 5.91. The molecule has 0 aromatic heterocycles. The molecule has 0 saturated heterocycles. The molecule has 7 heteroatoms. The van der Waals surface area contributed by atoms with E-state index in [4.69, 9.17) is 9.47 Å². The van der Waals surface area contributed by atoms with Crippen molar-refractivity contribution >= 4 is 18.0 Å². The minimum Gasteiger partial charge on any atom is -0.480 e. The quantitative estimate of drug-likeness (QED) is 0.719. The van der Waals surface area contributed by atoms with E-state index in [9.17, 15) is 19.5 Å². The first-order valence-corrected chi connectivity index (χ1v) is 9.78. The predicted molar refractivity (Wildman–Crippen MR) is 100 cm³/mol. The van der Waals surface area contributed by atoms with Crippen LogP contribution in [0.15, 0.2) is 30.3 Å². The summed E-state index contributed by atoms with van der Waals surface area (Å²) in [6.07, 6.45) is 2.95. The van der Waals surface area contributed by atoms with Crippen LogP contribution in [0.4, 0.5) is 4.79 Å². The van der Waals surface area contributed by atoms with Crippen molar-refractivity contribution in [2.45, 2.75) is 57.6 Å². The molecule has 0 aliphatic heterocycles. The van der Waals surface area contributed by atoms with Gasteiger partial charge >= 0.3 is 18.0 Å². The second-order valence-electron chi connectivity index (χ2n) is 7.75. The molecule has 0 radical (unpaired) electrons. The molecule has 3 saturated carbocycles. The van der Waals surface area contributed by atoms with Crippen molar-refractivity contribution in [1.29, 1.82) is 0 Å². The van der Waals surface area contributed by atoms with Gasteiger partial charge in [-0.25, -0.2) is 4.79 Å². The molecular weight excluding hydrogens is 362 g/mol. The van der Waals surface area contributed by atoms with Crippen molar-refractivity contribution in [3.05, 3.63) is 35.9 Å². The van der Waals surface area contributed by atoms with Crippen molar-refractivity contribution in [1.82, 2.24) is 4.90 Å². The number of rotatable bonds is 7. The number of hydrogen-bond donors (Lipinski definition) is 1. The number of carbonyl (C=O) groups excluding carboxylic acids is 2. The molecule has 3 fully saturated rings. The van der Waals surface area contributed by atoms with Crippen LogP contribution in [0.3, 0.4) is 0 Å². The number of ether oxygens (including phenoxy) is 2. The third kappa shape index (κ3) is 3.98. The highest BCUT2D eigenvalue weighted by Gasteiger charge is 2.56. The van der Waals surface area contributed by atoms with E-state index >= 15 is 0 Å². The zero-order chi connectivity index (χ0) is 20.2. The minimum atomic E-state index is -1.07. The first kappa shape index (κ1) is 20.2. The Hall–Kier alpha value is -2.57. The van der Waals surface area contributed by atoms with Crippen molar-refractivity contribution in [2.75, 3.05) is 13.2 Å². The van der Waals surface area contributed by atoms with E-state index in [1.54, 1.807) is 6.92 Å². The van der Waals surface area contributed by atoms with Crippen molar-refractivity contribution in [2.24, 2.45) is 5.41 Å². The standard InChI is InChI=1S/C21H27NO6/c1-2-27-18(25)20-8-11-21(12-9-20,13-10-20)22(14-17(23)24)19(26)28-15-16-6-4-3-5-7-16/h3-7H,2,8-15H2,1H3,(H,23,24). The highest BCUT2D eigenvalue weighted by atomic mass is 16.6. The fourth-order valence-electron chi connectivity index (χ4n) is 4.52. The molecule has 0 heterocycles. The number of carbonyl (C=O) groups is 3.